The zero-order valence-electron chi connectivity index (χ0n) is 13.3. The van der Waals surface area contributed by atoms with Gasteiger partial charge in [0.1, 0.15) is 11.7 Å². The van der Waals surface area contributed by atoms with Crippen LogP contribution in [0.1, 0.15) is 0 Å². The van der Waals surface area contributed by atoms with Gasteiger partial charge in [-0.1, -0.05) is 29.8 Å². The number of para-hydroxylation sites is 2. The van der Waals surface area contributed by atoms with Crippen LogP contribution in [0.25, 0.3) is 16.7 Å². The average Bonchev–Trinajstić information content (AvgIpc) is 3.07. The van der Waals surface area contributed by atoms with Gasteiger partial charge in [0.15, 0.2) is 17.1 Å². The van der Waals surface area contributed by atoms with Gasteiger partial charge in [0, 0.05) is 5.02 Å². The van der Waals surface area contributed by atoms with E-state index in [4.69, 9.17) is 21.1 Å². The molecule has 7 heteroatoms. The van der Waals surface area contributed by atoms with Crippen LogP contribution in [0.5, 0.6) is 17.4 Å². The fraction of sp³-hybridized carbons (Fsp3) is 0.0556. The summed E-state index contributed by atoms with van der Waals surface area (Å²) in [5, 5.41) is 5.71. The van der Waals surface area contributed by atoms with E-state index in [0.29, 0.717) is 33.4 Å². The van der Waals surface area contributed by atoms with Crippen LogP contribution in [0.3, 0.4) is 0 Å². The number of hydrogen-bond acceptors (Lipinski definition) is 5. The lowest BCUT2D eigenvalue weighted by Gasteiger charge is -2.09. The number of rotatable bonds is 4. The quantitative estimate of drug-likeness (QED) is 0.549. The Hall–Kier alpha value is -3.12. The van der Waals surface area contributed by atoms with Crippen molar-refractivity contribution in [2.75, 3.05) is 7.11 Å². The minimum absolute atomic E-state index is 0.405. The minimum atomic E-state index is 0.405. The molecule has 2 aromatic carbocycles. The first kappa shape index (κ1) is 15.4. The van der Waals surface area contributed by atoms with Crippen LogP contribution >= 0.6 is 11.6 Å². The lowest BCUT2D eigenvalue weighted by molar-refractivity contribution is 0.375. The first-order valence-corrected chi connectivity index (χ1v) is 7.89. The first-order chi connectivity index (χ1) is 12.3. The van der Waals surface area contributed by atoms with Crippen molar-refractivity contribution in [2.24, 2.45) is 0 Å². The minimum Gasteiger partial charge on any atom is -0.493 e. The Morgan fingerprint density at radius 3 is 2.64 bits per heavy atom. The molecule has 0 aliphatic heterocycles. The van der Waals surface area contributed by atoms with E-state index in [-0.39, 0.29) is 0 Å². The predicted molar refractivity (Wildman–Crippen MR) is 94.7 cm³/mol. The van der Waals surface area contributed by atoms with Gasteiger partial charge in [-0.2, -0.15) is 5.10 Å². The molecular weight excluding hydrogens is 340 g/mol. The van der Waals surface area contributed by atoms with Crippen LogP contribution in [0.4, 0.5) is 0 Å². The second-order valence-electron chi connectivity index (χ2n) is 5.21. The lowest BCUT2D eigenvalue weighted by Crippen LogP contribution is -1.98. The Labute approximate surface area is 148 Å². The number of ether oxygens (including phenoxy) is 2. The summed E-state index contributed by atoms with van der Waals surface area (Å²) < 4.78 is 12.9. The highest BCUT2D eigenvalue weighted by Crippen LogP contribution is 2.33. The third-order valence-corrected chi connectivity index (χ3v) is 3.89. The van der Waals surface area contributed by atoms with Crippen molar-refractivity contribution in [3.63, 3.8) is 0 Å². The summed E-state index contributed by atoms with van der Waals surface area (Å²) in [5.74, 6) is 1.60. The van der Waals surface area contributed by atoms with Crippen LogP contribution in [0.2, 0.25) is 5.02 Å². The molecule has 2 aromatic heterocycles. The number of benzene rings is 2. The van der Waals surface area contributed by atoms with Crippen molar-refractivity contribution in [2.45, 2.75) is 0 Å². The van der Waals surface area contributed by atoms with E-state index >= 15 is 0 Å². The Bertz CT molecular complexity index is 1050. The number of fused-ring (bicyclic) bond motifs is 1. The molecule has 0 aliphatic carbocycles. The maximum absolute atomic E-state index is 6.07. The second kappa shape index (κ2) is 6.41. The standard InChI is InChI=1S/C18H13ClN4O2/c1-24-15-7-2-3-8-16(15)25-18-14-10-22-23(17(14)20-11-21-18)13-6-4-5-12(19)9-13/h2-11H,1H3. The third-order valence-electron chi connectivity index (χ3n) is 3.66. The monoisotopic (exact) mass is 352 g/mol. The van der Waals surface area contributed by atoms with E-state index in [0.717, 1.165) is 5.69 Å². The Morgan fingerprint density at radius 2 is 1.84 bits per heavy atom. The summed E-state index contributed by atoms with van der Waals surface area (Å²) in [6.07, 6.45) is 3.11. The fourth-order valence-corrected chi connectivity index (χ4v) is 2.69. The van der Waals surface area contributed by atoms with Gasteiger partial charge in [-0.3, -0.25) is 0 Å². The van der Waals surface area contributed by atoms with Crippen molar-refractivity contribution in [3.05, 3.63) is 66.1 Å². The van der Waals surface area contributed by atoms with E-state index in [9.17, 15) is 0 Å². The Kier molecular flexibility index (Phi) is 3.95. The van der Waals surface area contributed by atoms with Crippen LogP contribution < -0.4 is 9.47 Å². The summed E-state index contributed by atoms with van der Waals surface area (Å²) in [7, 11) is 1.59. The molecule has 0 unspecified atom stereocenters. The molecule has 0 radical (unpaired) electrons. The molecule has 0 bridgehead atoms. The topological polar surface area (TPSA) is 62.1 Å². The molecule has 124 valence electrons. The molecule has 6 nitrogen and oxygen atoms in total. The van der Waals surface area contributed by atoms with Crippen LogP contribution in [-0.4, -0.2) is 26.9 Å². The summed E-state index contributed by atoms with van der Waals surface area (Å²) in [6.45, 7) is 0. The lowest BCUT2D eigenvalue weighted by atomic mass is 10.3. The highest BCUT2D eigenvalue weighted by atomic mass is 35.5. The molecule has 4 rings (SSSR count). The van der Waals surface area contributed by atoms with Crippen molar-refractivity contribution in [1.82, 2.24) is 19.7 Å². The van der Waals surface area contributed by atoms with Crippen LogP contribution in [0, 0.1) is 0 Å². The van der Waals surface area contributed by atoms with Crippen LogP contribution in [-0.2, 0) is 0 Å². The van der Waals surface area contributed by atoms with Gasteiger partial charge in [0.2, 0.25) is 5.88 Å². The molecule has 0 N–H and O–H groups in total. The number of methoxy groups -OCH3 is 1. The largest absolute Gasteiger partial charge is 0.493 e. The number of hydrogen-bond donors (Lipinski definition) is 0. The molecule has 0 aliphatic rings. The second-order valence-corrected chi connectivity index (χ2v) is 5.64. The molecule has 0 spiro atoms. The van der Waals surface area contributed by atoms with Gasteiger partial charge in [-0.15, -0.1) is 0 Å². The first-order valence-electron chi connectivity index (χ1n) is 7.52. The summed E-state index contributed by atoms with van der Waals surface area (Å²) in [6, 6.07) is 14.8. The molecule has 0 saturated heterocycles. The summed E-state index contributed by atoms with van der Waals surface area (Å²) in [5.41, 5.74) is 1.44. The van der Waals surface area contributed by atoms with Gasteiger partial charge < -0.3 is 9.47 Å². The van der Waals surface area contributed by atoms with Gasteiger partial charge in [-0.05, 0) is 30.3 Å². The average molecular weight is 353 g/mol. The Balaban J connectivity index is 1.79. The van der Waals surface area contributed by atoms with Crippen LogP contribution in [0.15, 0.2) is 61.1 Å². The van der Waals surface area contributed by atoms with E-state index in [2.05, 4.69) is 15.1 Å². The molecule has 0 fully saturated rings. The molecular formula is C18H13ClN4O2. The fourth-order valence-electron chi connectivity index (χ4n) is 2.51. The highest BCUT2D eigenvalue weighted by molar-refractivity contribution is 6.30. The van der Waals surface area contributed by atoms with Gasteiger partial charge in [0.25, 0.3) is 0 Å². The highest BCUT2D eigenvalue weighted by Gasteiger charge is 2.14. The zero-order valence-corrected chi connectivity index (χ0v) is 14.0. The van der Waals surface area contributed by atoms with Gasteiger partial charge in [-0.25, -0.2) is 14.6 Å². The predicted octanol–water partition coefficient (Wildman–Crippen LogP) is 4.27. The van der Waals surface area contributed by atoms with Gasteiger partial charge >= 0.3 is 0 Å². The molecule has 0 saturated carbocycles. The maximum atomic E-state index is 6.07. The number of nitrogens with zero attached hydrogens (tertiary/aromatic N) is 4. The Morgan fingerprint density at radius 1 is 1.00 bits per heavy atom. The summed E-state index contributed by atoms with van der Waals surface area (Å²) in [4.78, 5) is 8.56. The smallest absolute Gasteiger partial charge is 0.233 e. The van der Waals surface area contributed by atoms with Crippen molar-refractivity contribution >= 4 is 22.6 Å². The van der Waals surface area contributed by atoms with Crippen molar-refractivity contribution in [1.29, 1.82) is 0 Å². The molecule has 4 aromatic rings. The van der Waals surface area contributed by atoms with Crippen molar-refractivity contribution in [3.8, 4) is 23.1 Å². The summed E-state index contributed by atoms with van der Waals surface area (Å²) >= 11 is 6.07. The number of halogens is 1. The zero-order chi connectivity index (χ0) is 17.2. The van der Waals surface area contributed by atoms with E-state index in [1.54, 1.807) is 18.0 Å². The molecule has 0 amide bonds. The van der Waals surface area contributed by atoms with E-state index < -0.39 is 0 Å². The number of aromatic nitrogens is 4. The SMILES string of the molecule is COc1ccccc1Oc1ncnc2c1cnn2-c1cccc(Cl)c1. The van der Waals surface area contributed by atoms with E-state index in [1.165, 1.54) is 6.33 Å². The third kappa shape index (κ3) is 2.88. The maximum Gasteiger partial charge on any atom is 0.233 e. The van der Waals surface area contributed by atoms with Crippen molar-refractivity contribution < 1.29 is 9.47 Å². The van der Waals surface area contributed by atoms with Gasteiger partial charge in [0.05, 0.1) is 19.0 Å². The van der Waals surface area contributed by atoms with E-state index in [1.807, 2.05) is 48.5 Å². The normalized spacial score (nSPS) is 10.8. The molecule has 25 heavy (non-hydrogen) atoms. The molecule has 2 heterocycles. The molecule has 0 atom stereocenters.